The van der Waals surface area contributed by atoms with E-state index < -0.39 is 5.91 Å². The smallest absolute Gasteiger partial charge is 0.267 e. The summed E-state index contributed by atoms with van der Waals surface area (Å²) in [5, 5.41) is 7.17. The van der Waals surface area contributed by atoms with Gasteiger partial charge >= 0.3 is 0 Å². The lowest BCUT2D eigenvalue weighted by Gasteiger charge is -2.18. The third-order valence-corrected chi connectivity index (χ3v) is 6.55. The van der Waals surface area contributed by atoms with Gasteiger partial charge in [0.1, 0.15) is 11.4 Å². The van der Waals surface area contributed by atoms with E-state index in [1.165, 1.54) is 12.8 Å². The number of pyridine rings is 2. The molecule has 8 nitrogen and oxygen atoms in total. The molecule has 170 valence electrons. The van der Waals surface area contributed by atoms with Gasteiger partial charge in [-0.05, 0) is 43.9 Å². The van der Waals surface area contributed by atoms with Crippen LogP contribution >= 0.6 is 0 Å². The van der Waals surface area contributed by atoms with Gasteiger partial charge in [-0.15, -0.1) is 0 Å². The molecule has 0 atom stereocenters. The maximum atomic E-state index is 13.3. The molecule has 2 aromatic heterocycles. The Morgan fingerprint density at radius 2 is 2.06 bits per heavy atom. The molecule has 4 N–H and O–H groups in total. The fourth-order valence-electron chi connectivity index (χ4n) is 4.81. The highest BCUT2D eigenvalue weighted by Crippen LogP contribution is 2.37. The highest BCUT2D eigenvalue weighted by molar-refractivity contribution is 6.09. The molecule has 8 heteroatoms. The van der Waals surface area contributed by atoms with Crippen LogP contribution in [0.1, 0.15) is 57.8 Å². The summed E-state index contributed by atoms with van der Waals surface area (Å²) in [6.07, 6.45) is 7.07. The Kier molecular flexibility index (Phi) is 5.58. The van der Waals surface area contributed by atoms with Crippen LogP contribution < -0.4 is 21.1 Å². The van der Waals surface area contributed by atoms with E-state index in [0.717, 1.165) is 36.3 Å². The van der Waals surface area contributed by atoms with Crippen molar-refractivity contribution in [2.75, 3.05) is 18.5 Å². The van der Waals surface area contributed by atoms with Gasteiger partial charge in [0.15, 0.2) is 0 Å². The highest BCUT2D eigenvalue weighted by atomic mass is 16.5. The fourth-order valence-corrected chi connectivity index (χ4v) is 4.81. The maximum absolute atomic E-state index is 13.3. The number of nitrogens with two attached hydrogens (primary N) is 1. The van der Waals surface area contributed by atoms with Gasteiger partial charge < -0.3 is 21.1 Å². The van der Waals surface area contributed by atoms with Crippen LogP contribution in [0, 0.1) is 12.8 Å². The first-order valence-electron chi connectivity index (χ1n) is 11.4. The van der Waals surface area contributed by atoms with E-state index in [1.54, 1.807) is 19.2 Å². The molecule has 0 bridgehead atoms. The number of anilines is 2. The Morgan fingerprint density at radius 3 is 2.85 bits per heavy atom. The van der Waals surface area contributed by atoms with Crippen molar-refractivity contribution in [1.82, 2.24) is 15.3 Å². The summed E-state index contributed by atoms with van der Waals surface area (Å²) in [4.78, 5) is 34.0. The molecule has 1 aliphatic heterocycles. The number of hydrogen-bond donors (Lipinski definition) is 3. The Bertz CT molecular complexity index is 1250. The first-order chi connectivity index (χ1) is 16.0. The second-order valence-corrected chi connectivity index (χ2v) is 8.77. The average molecular weight is 446 g/mol. The van der Waals surface area contributed by atoms with Crippen LogP contribution in [0.3, 0.4) is 0 Å². The lowest BCUT2D eigenvalue weighted by Crippen LogP contribution is -2.29. The van der Waals surface area contributed by atoms with Crippen LogP contribution in [0.4, 0.5) is 11.4 Å². The first kappa shape index (κ1) is 21.2. The zero-order chi connectivity index (χ0) is 22.9. The predicted molar refractivity (Wildman–Crippen MR) is 126 cm³/mol. The largest absolute Gasteiger partial charge is 0.493 e. The molecule has 0 saturated heterocycles. The number of primary amides is 1. The minimum atomic E-state index is -0.629. The molecule has 0 radical (unpaired) electrons. The number of fused-ring (bicyclic) bond motifs is 2. The molecule has 2 amide bonds. The minimum Gasteiger partial charge on any atom is -0.493 e. The van der Waals surface area contributed by atoms with Crippen molar-refractivity contribution in [2.24, 2.45) is 11.7 Å². The van der Waals surface area contributed by atoms with Gasteiger partial charge in [0.2, 0.25) is 0 Å². The Labute approximate surface area is 191 Å². The number of nitrogens with one attached hydrogen (secondary N) is 2. The van der Waals surface area contributed by atoms with Crippen molar-refractivity contribution in [1.29, 1.82) is 0 Å². The molecule has 0 unspecified atom stereocenters. The zero-order valence-corrected chi connectivity index (χ0v) is 18.6. The van der Waals surface area contributed by atoms with Gasteiger partial charge in [-0.3, -0.25) is 14.6 Å². The van der Waals surface area contributed by atoms with E-state index in [9.17, 15) is 9.59 Å². The monoisotopic (exact) mass is 445 g/mol. The molecular formula is C25H27N5O3. The first-order valence-corrected chi connectivity index (χ1v) is 11.4. The highest BCUT2D eigenvalue weighted by Gasteiger charge is 2.23. The van der Waals surface area contributed by atoms with Crippen molar-refractivity contribution in [2.45, 2.75) is 39.0 Å². The van der Waals surface area contributed by atoms with Gasteiger partial charge in [0.25, 0.3) is 11.8 Å². The molecule has 5 rings (SSSR count). The zero-order valence-electron chi connectivity index (χ0n) is 18.6. The van der Waals surface area contributed by atoms with Crippen LogP contribution in [-0.4, -0.2) is 34.9 Å². The fraction of sp³-hybridized carbons (Fsp3) is 0.360. The van der Waals surface area contributed by atoms with E-state index in [-0.39, 0.29) is 11.6 Å². The van der Waals surface area contributed by atoms with Gasteiger partial charge in [-0.2, -0.15) is 0 Å². The van der Waals surface area contributed by atoms with Crippen LogP contribution in [0.2, 0.25) is 0 Å². The number of aryl methyl sites for hydroxylation is 1. The predicted octanol–water partition coefficient (Wildman–Crippen LogP) is 3.64. The number of amides is 2. The summed E-state index contributed by atoms with van der Waals surface area (Å²) in [6.45, 7) is 3.04. The molecule has 1 aromatic carbocycles. The maximum Gasteiger partial charge on any atom is 0.267 e. The van der Waals surface area contributed by atoms with E-state index in [2.05, 4.69) is 20.6 Å². The molecule has 1 saturated carbocycles. The molecule has 3 heterocycles. The van der Waals surface area contributed by atoms with Crippen molar-refractivity contribution < 1.29 is 14.3 Å². The summed E-state index contributed by atoms with van der Waals surface area (Å²) in [7, 11) is 0. The average Bonchev–Trinajstić information content (AvgIpc) is 3.50. The lowest BCUT2D eigenvalue weighted by atomic mass is 10.0. The summed E-state index contributed by atoms with van der Waals surface area (Å²) in [5.74, 6) is 0.524. The number of ether oxygens (including phenoxy) is 1. The number of aromatic nitrogens is 2. The SMILES string of the molecule is Cc1nc(C(N)=O)cc2c(Nc3cccc4c3CCO4)c(C(=O)NCC3CCCC3)cnc12. The number of carbonyl (C=O) groups is 2. The van der Waals surface area contributed by atoms with Crippen LogP contribution in [-0.2, 0) is 6.42 Å². The minimum absolute atomic E-state index is 0.134. The van der Waals surface area contributed by atoms with Gasteiger partial charge in [0, 0.05) is 35.8 Å². The van der Waals surface area contributed by atoms with E-state index >= 15 is 0 Å². The van der Waals surface area contributed by atoms with Crippen molar-refractivity contribution in [3.8, 4) is 5.75 Å². The summed E-state index contributed by atoms with van der Waals surface area (Å²) in [6, 6.07) is 7.42. The third-order valence-electron chi connectivity index (χ3n) is 6.55. The number of carbonyl (C=O) groups excluding carboxylic acids is 2. The standard InChI is InChI=1S/C25H27N5O3/c1-14-22-17(11-20(29-14)24(26)31)23(30-19-7-4-8-21-16(19)9-10-33-21)18(13-27-22)25(32)28-12-15-5-2-3-6-15/h4,7-8,11,13,15H,2-3,5-6,9-10,12H2,1H3,(H2,26,31)(H,27,30)(H,28,32). The number of nitrogens with zero attached hydrogens (tertiary/aromatic N) is 2. The summed E-state index contributed by atoms with van der Waals surface area (Å²) < 4.78 is 5.70. The second-order valence-electron chi connectivity index (χ2n) is 8.77. The summed E-state index contributed by atoms with van der Waals surface area (Å²) >= 11 is 0. The molecule has 3 aromatic rings. The molecule has 33 heavy (non-hydrogen) atoms. The van der Waals surface area contributed by atoms with Gasteiger partial charge in [0.05, 0.1) is 29.1 Å². The van der Waals surface area contributed by atoms with Crippen LogP contribution in [0.5, 0.6) is 5.75 Å². The van der Waals surface area contributed by atoms with Crippen molar-refractivity contribution in [3.05, 3.63) is 53.0 Å². The Balaban J connectivity index is 1.60. The van der Waals surface area contributed by atoms with Gasteiger partial charge in [-0.1, -0.05) is 18.9 Å². The Hall–Kier alpha value is -3.68. The molecule has 1 fully saturated rings. The topological polar surface area (TPSA) is 119 Å². The number of rotatable bonds is 6. The van der Waals surface area contributed by atoms with Crippen molar-refractivity contribution in [3.63, 3.8) is 0 Å². The summed E-state index contributed by atoms with van der Waals surface area (Å²) in [5.41, 5.74) is 9.76. The number of benzene rings is 1. The van der Waals surface area contributed by atoms with E-state index in [1.807, 2.05) is 18.2 Å². The quantitative estimate of drug-likeness (QED) is 0.533. The third kappa shape index (κ3) is 4.08. The second kappa shape index (κ2) is 8.69. The molecular weight excluding hydrogens is 418 g/mol. The molecule has 0 spiro atoms. The molecule has 1 aliphatic carbocycles. The normalized spacial score (nSPS) is 15.3. The van der Waals surface area contributed by atoms with Crippen LogP contribution in [0.15, 0.2) is 30.5 Å². The van der Waals surface area contributed by atoms with Crippen LogP contribution in [0.25, 0.3) is 10.9 Å². The van der Waals surface area contributed by atoms with E-state index in [0.29, 0.717) is 46.9 Å². The lowest BCUT2D eigenvalue weighted by molar-refractivity contribution is 0.0947. The van der Waals surface area contributed by atoms with Crippen molar-refractivity contribution >= 4 is 34.1 Å². The van der Waals surface area contributed by atoms with E-state index in [4.69, 9.17) is 10.5 Å². The van der Waals surface area contributed by atoms with Gasteiger partial charge in [-0.25, -0.2) is 4.98 Å². The Morgan fingerprint density at radius 1 is 1.24 bits per heavy atom. The molecule has 2 aliphatic rings. The number of hydrogen-bond acceptors (Lipinski definition) is 6.